The predicted molar refractivity (Wildman–Crippen MR) is 105 cm³/mol. The molecule has 0 aliphatic heterocycles. The van der Waals surface area contributed by atoms with Crippen molar-refractivity contribution in [3.8, 4) is 5.75 Å². The molecular formula is C21H26N2O4. The van der Waals surface area contributed by atoms with Crippen molar-refractivity contribution in [1.82, 2.24) is 5.48 Å². The fourth-order valence-corrected chi connectivity index (χ4v) is 2.30. The van der Waals surface area contributed by atoms with Crippen LogP contribution in [0.5, 0.6) is 5.75 Å². The minimum Gasteiger partial charge on any atom is -0.489 e. The summed E-state index contributed by atoms with van der Waals surface area (Å²) in [5, 5.41) is 2.73. The summed E-state index contributed by atoms with van der Waals surface area (Å²) in [6, 6.07) is 15.5. The molecule has 0 aliphatic rings. The first-order valence-corrected chi connectivity index (χ1v) is 8.65. The van der Waals surface area contributed by atoms with Crippen LogP contribution in [0.3, 0.4) is 0 Å². The number of hydroxylamine groups is 1. The van der Waals surface area contributed by atoms with E-state index in [1.807, 2.05) is 30.3 Å². The van der Waals surface area contributed by atoms with Crippen molar-refractivity contribution in [2.75, 3.05) is 11.9 Å². The zero-order chi connectivity index (χ0) is 19.7. The first-order chi connectivity index (χ1) is 12.9. The molecule has 2 aromatic rings. The van der Waals surface area contributed by atoms with Gasteiger partial charge in [0.25, 0.3) is 5.91 Å². The van der Waals surface area contributed by atoms with Gasteiger partial charge in [-0.05, 0) is 40.8 Å². The lowest BCUT2D eigenvalue weighted by molar-refractivity contribution is -0.320. The number of benzene rings is 2. The normalized spacial score (nSPS) is 10.9. The van der Waals surface area contributed by atoms with E-state index >= 15 is 0 Å². The largest absolute Gasteiger partial charge is 0.489 e. The van der Waals surface area contributed by atoms with Gasteiger partial charge in [0.05, 0.1) is 0 Å². The fraction of sp³-hybridized carbons (Fsp3) is 0.286. The molecule has 27 heavy (non-hydrogen) atoms. The molecule has 0 saturated heterocycles. The zero-order valence-corrected chi connectivity index (χ0v) is 16.0. The van der Waals surface area contributed by atoms with Gasteiger partial charge in [-0.15, -0.1) is 4.99 Å². The first-order valence-electron chi connectivity index (χ1n) is 8.65. The number of rotatable bonds is 9. The number of nitrogens with one attached hydrogen (secondary N) is 2. The lowest BCUT2D eigenvalue weighted by Gasteiger charge is -2.19. The van der Waals surface area contributed by atoms with E-state index in [-0.39, 0.29) is 17.9 Å². The number of carbonyl (C=O) groups excluding carboxylic acids is 1. The summed E-state index contributed by atoms with van der Waals surface area (Å²) in [6.45, 7) is 10.1. The monoisotopic (exact) mass is 370 g/mol. The van der Waals surface area contributed by atoms with Gasteiger partial charge in [-0.3, -0.25) is 4.79 Å². The lowest BCUT2D eigenvalue weighted by atomic mass is 9.87. The topological polar surface area (TPSA) is 68.8 Å². The molecule has 0 spiro atoms. The average Bonchev–Trinajstić information content (AvgIpc) is 2.63. The molecule has 6 nitrogen and oxygen atoms in total. The Labute approximate surface area is 160 Å². The Morgan fingerprint density at radius 1 is 1.15 bits per heavy atom. The van der Waals surface area contributed by atoms with Crippen LogP contribution in [0.1, 0.15) is 31.9 Å². The summed E-state index contributed by atoms with van der Waals surface area (Å²) >= 11 is 0. The van der Waals surface area contributed by atoms with Crippen molar-refractivity contribution in [2.45, 2.75) is 32.8 Å². The predicted octanol–water partition coefficient (Wildman–Crippen LogP) is 4.10. The second-order valence-corrected chi connectivity index (χ2v) is 6.98. The standard InChI is InChI=1S/C21H26N2O4/c1-5-22-27-26-15-20(24)23-18-8-6-7-16(13-18)14-25-19-11-9-17(10-12-19)21(2,3)4/h5-13,22H,1,14-15H2,2-4H3,(H,23,24). The Morgan fingerprint density at radius 3 is 2.56 bits per heavy atom. The highest BCUT2D eigenvalue weighted by Gasteiger charge is 2.13. The smallest absolute Gasteiger partial charge is 0.253 e. The SMILES string of the molecule is C=CNOOCC(=O)Nc1cccc(COc2ccc(C(C)(C)C)cc2)c1. The van der Waals surface area contributed by atoms with Gasteiger partial charge in [0.2, 0.25) is 0 Å². The lowest BCUT2D eigenvalue weighted by Crippen LogP contribution is -2.20. The second-order valence-electron chi connectivity index (χ2n) is 6.98. The van der Waals surface area contributed by atoms with Crippen molar-refractivity contribution in [1.29, 1.82) is 0 Å². The average molecular weight is 370 g/mol. The van der Waals surface area contributed by atoms with Crippen molar-refractivity contribution in [3.63, 3.8) is 0 Å². The van der Waals surface area contributed by atoms with Crippen LogP contribution in [0, 0.1) is 0 Å². The number of hydrogen-bond acceptors (Lipinski definition) is 5. The molecule has 0 aromatic heterocycles. The molecule has 6 heteroatoms. The maximum atomic E-state index is 11.8. The van der Waals surface area contributed by atoms with Crippen LogP contribution in [0.2, 0.25) is 0 Å². The molecule has 2 N–H and O–H groups in total. The molecular weight excluding hydrogens is 344 g/mol. The highest BCUT2D eigenvalue weighted by atomic mass is 17.3. The number of anilines is 1. The molecule has 0 saturated carbocycles. The van der Waals surface area contributed by atoms with Crippen molar-refractivity contribution < 1.29 is 19.4 Å². The van der Waals surface area contributed by atoms with Crippen LogP contribution in [0.15, 0.2) is 61.3 Å². The zero-order valence-electron chi connectivity index (χ0n) is 16.0. The van der Waals surface area contributed by atoms with Gasteiger partial charge >= 0.3 is 0 Å². The molecule has 144 valence electrons. The second kappa shape index (κ2) is 9.75. The first kappa shape index (κ1) is 20.5. The molecule has 0 radical (unpaired) electrons. The number of hydrogen-bond donors (Lipinski definition) is 2. The molecule has 0 unspecified atom stereocenters. The molecule has 0 bridgehead atoms. The summed E-state index contributed by atoms with van der Waals surface area (Å²) in [7, 11) is 0. The van der Waals surface area contributed by atoms with Crippen LogP contribution < -0.4 is 15.5 Å². The fourth-order valence-electron chi connectivity index (χ4n) is 2.30. The molecule has 2 rings (SSSR count). The Bertz CT molecular complexity index is 752. The number of amides is 1. The summed E-state index contributed by atoms with van der Waals surface area (Å²) in [6.07, 6.45) is 1.29. The molecule has 0 heterocycles. The van der Waals surface area contributed by atoms with Crippen molar-refractivity contribution in [3.05, 3.63) is 72.4 Å². The van der Waals surface area contributed by atoms with Crippen LogP contribution >= 0.6 is 0 Å². The third kappa shape index (κ3) is 7.13. The molecule has 0 aliphatic carbocycles. The van der Waals surface area contributed by atoms with Gasteiger partial charge < -0.3 is 10.1 Å². The highest BCUT2D eigenvalue weighted by Crippen LogP contribution is 2.24. The Morgan fingerprint density at radius 2 is 1.89 bits per heavy atom. The number of carbonyl (C=O) groups is 1. The van der Waals surface area contributed by atoms with Gasteiger partial charge in [-0.1, -0.05) is 51.6 Å². The van der Waals surface area contributed by atoms with E-state index in [0.29, 0.717) is 12.3 Å². The van der Waals surface area contributed by atoms with Crippen LogP contribution in [0.4, 0.5) is 5.69 Å². The van der Waals surface area contributed by atoms with E-state index in [1.54, 1.807) is 6.07 Å². The van der Waals surface area contributed by atoms with Crippen molar-refractivity contribution in [2.24, 2.45) is 0 Å². The summed E-state index contributed by atoms with van der Waals surface area (Å²) in [4.78, 5) is 20.9. The summed E-state index contributed by atoms with van der Waals surface area (Å²) < 4.78 is 5.84. The minimum atomic E-state index is -0.336. The number of ether oxygens (including phenoxy) is 1. The third-order valence-corrected chi connectivity index (χ3v) is 3.72. The van der Waals surface area contributed by atoms with E-state index in [1.165, 1.54) is 11.8 Å². The molecule has 0 atom stereocenters. The van der Waals surface area contributed by atoms with E-state index in [9.17, 15) is 4.79 Å². The van der Waals surface area contributed by atoms with Crippen molar-refractivity contribution >= 4 is 11.6 Å². The van der Waals surface area contributed by atoms with Gasteiger partial charge in [0.1, 0.15) is 12.4 Å². The molecule has 0 fully saturated rings. The maximum Gasteiger partial charge on any atom is 0.253 e. The summed E-state index contributed by atoms with van der Waals surface area (Å²) in [5.74, 6) is 0.467. The van der Waals surface area contributed by atoms with Gasteiger partial charge in [0.15, 0.2) is 6.61 Å². The van der Waals surface area contributed by atoms with E-state index in [4.69, 9.17) is 4.74 Å². The minimum absolute atomic E-state index is 0.113. The third-order valence-electron chi connectivity index (χ3n) is 3.72. The Hall–Kier alpha value is -2.83. The van der Waals surface area contributed by atoms with Crippen LogP contribution in [0.25, 0.3) is 0 Å². The van der Waals surface area contributed by atoms with Crippen LogP contribution in [-0.4, -0.2) is 12.5 Å². The van der Waals surface area contributed by atoms with Gasteiger partial charge in [-0.25, -0.2) is 10.4 Å². The maximum absolute atomic E-state index is 11.8. The van der Waals surface area contributed by atoms with E-state index in [0.717, 1.165) is 11.3 Å². The van der Waals surface area contributed by atoms with Gasteiger partial charge in [-0.2, -0.15) is 0 Å². The van der Waals surface area contributed by atoms with E-state index < -0.39 is 0 Å². The van der Waals surface area contributed by atoms with E-state index in [2.05, 4.69) is 60.2 Å². The highest BCUT2D eigenvalue weighted by molar-refractivity contribution is 5.91. The Kier molecular flexibility index (Phi) is 7.40. The molecule has 2 aromatic carbocycles. The molecule has 1 amide bonds. The van der Waals surface area contributed by atoms with Gasteiger partial charge in [0, 0.05) is 11.9 Å². The van der Waals surface area contributed by atoms with Crippen LogP contribution in [-0.2, 0) is 26.7 Å². The Balaban J connectivity index is 1.86. The summed E-state index contributed by atoms with van der Waals surface area (Å²) in [5.41, 5.74) is 5.24. The quantitative estimate of drug-likeness (QED) is 0.395.